The van der Waals surface area contributed by atoms with Gasteiger partial charge in [-0.05, 0) is 122 Å². The Labute approximate surface area is 314 Å². The number of rotatable bonds is 9. The summed E-state index contributed by atoms with van der Waals surface area (Å²) < 4.78 is 24.9. The zero-order valence-corrected chi connectivity index (χ0v) is 32.7. The topological polar surface area (TPSA) is 219 Å². The normalized spacial score (nSPS) is 54.6. The zero-order valence-electron chi connectivity index (χ0n) is 32.7. The van der Waals surface area contributed by atoms with Crippen LogP contribution in [-0.2, 0) is 18.9 Å². The summed E-state index contributed by atoms with van der Waals surface area (Å²) in [4.78, 5) is 0. The maximum absolute atomic E-state index is 12.0. The van der Waals surface area contributed by atoms with Gasteiger partial charge in [0.15, 0.2) is 12.6 Å². The van der Waals surface area contributed by atoms with Crippen molar-refractivity contribution in [3.63, 3.8) is 0 Å². The summed E-state index contributed by atoms with van der Waals surface area (Å²) in [5, 5.41) is 96.3. The van der Waals surface area contributed by atoms with Crippen LogP contribution in [0.25, 0.3) is 0 Å². The first-order chi connectivity index (χ1) is 24.6. The van der Waals surface area contributed by atoms with Crippen molar-refractivity contribution in [2.45, 2.75) is 185 Å². The quantitative estimate of drug-likeness (QED) is 0.151. The zero-order chi connectivity index (χ0) is 38.8. The average Bonchev–Trinajstić information content (AvgIpc) is 3.67. The standard InChI is InChI=1S/C40H68O13/c1-19(8-9-25(44)36(4,5)49)27-20(41)15-38(7)24-14-23(52-33-30(47)28(45)21(42)16-50-33)32-35(2,3)26(53-34-31(48)29(46)22(43)17-51-34)10-11-40(32)18-39(24,40)13-12-37(27,38)6/h19-34,41-49H,8-18H2,1-7H3/t19-,20+,21-,22-,23+,24-,25+,26+,27+,28+,29+,30-,31-,32+,33+,34+,37-,38+,39+,40-/m1/s1. The van der Waals surface area contributed by atoms with Crippen LogP contribution in [0.15, 0.2) is 0 Å². The number of aliphatic hydroxyl groups excluding tert-OH is 8. The molecule has 2 saturated heterocycles. The predicted molar refractivity (Wildman–Crippen MR) is 190 cm³/mol. The molecule has 2 heterocycles. The molecule has 7 aliphatic rings. The molecule has 7 rings (SSSR count). The van der Waals surface area contributed by atoms with Crippen molar-refractivity contribution in [1.29, 1.82) is 0 Å². The molecule has 0 aromatic heterocycles. The van der Waals surface area contributed by atoms with E-state index in [0.717, 1.165) is 25.7 Å². The maximum Gasteiger partial charge on any atom is 0.186 e. The second-order valence-corrected chi connectivity index (χ2v) is 20.3. The Morgan fingerprint density at radius 2 is 1.32 bits per heavy atom. The maximum atomic E-state index is 12.0. The van der Waals surface area contributed by atoms with Gasteiger partial charge >= 0.3 is 0 Å². The molecule has 0 aromatic carbocycles. The van der Waals surface area contributed by atoms with Gasteiger partial charge in [-0.25, -0.2) is 0 Å². The third-order valence-corrected chi connectivity index (χ3v) is 16.9. The largest absolute Gasteiger partial charge is 0.393 e. The van der Waals surface area contributed by atoms with Crippen molar-refractivity contribution in [2.75, 3.05) is 13.2 Å². The minimum absolute atomic E-state index is 0.00199. The summed E-state index contributed by atoms with van der Waals surface area (Å²) in [5.74, 6) is 0.204. The highest BCUT2D eigenvalue weighted by molar-refractivity contribution is 5.32. The third kappa shape index (κ3) is 6.04. The van der Waals surface area contributed by atoms with Crippen molar-refractivity contribution < 1.29 is 64.9 Å². The third-order valence-electron chi connectivity index (χ3n) is 16.9. The molecule has 2 aliphatic heterocycles. The van der Waals surface area contributed by atoms with Crippen LogP contribution in [-0.4, -0.2) is 138 Å². The van der Waals surface area contributed by atoms with Crippen LogP contribution < -0.4 is 0 Å². The average molecular weight is 757 g/mol. The molecule has 0 aromatic rings. The first-order valence-corrected chi connectivity index (χ1v) is 20.3. The summed E-state index contributed by atoms with van der Waals surface area (Å²) in [7, 11) is 0. The lowest BCUT2D eigenvalue weighted by molar-refractivity contribution is -0.326. The lowest BCUT2D eigenvalue weighted by Gasteiger charge is -2.65. The van der Waals surface area contributed by atoms with E-state index in [1.807, 2.05) is 0 Å². The highest BCUT2D eigenvalue weighted by Gasteiger charge is 2.84. The van der Waals surface area contributed by atoms with Crippen molar-refractivity contribution in [3.8, 4) is 0 Å². The molecule has 13 nitrogen and oxygen atoms in total. The first kappa shape index (κ1) is 40.7. The molecular weight excluding hydrogens is 688 g/mol. The molecule has 9 N–H and O–H groups in total. The summed E-state index contributed by atoms with van der Waals surface area (Å²) in [6, 6.07) is 0. The highest BCUT2D eigenvalue weighted by Crippen LogP contribution is 2.89. The fraction of sp³-hybridized carbons (Fsp3) is 1.00. The lowest BCUT2D eigenvalue weighted by atomic mass is 9.41. The van der Waals surface area contributed by atoms with Gasteiger partial charge in [-0.3, -0.25) is 0 Å². The molecular formula is C40H68O13. The lowest BCUT2D eigenvalue weighted by Crippen LogP contribution is -2.64. The smallest absolute Gasteiger partial charge is 0.186 e. The molecule has 2 spiro atoms. The fourth-order valence-electron chi connectivity index (χ4n) is 13.9. The Hall–Kier alpha value is -0.520. The molecule has 0 amide bonds. The van der Waals surface area contributed by atoms with E-state index in [-0.39, 0.29) is 58.5 Å². The van der Waals surface area contributed by atoms with Crippen molar-refractivity contribution in [3.05, 3.63) is 0 Å². The Kier molecular flexibility index (Phi) is 10.4. The van der Waals surface area contributed by atoms with E-state index in [0.29, 0.717) is 32.1 Å². The SMILES string of the molecule is C[C@H](CC[C@H](O)C(C)(C)O)[C@H]1[C@@H](O)C[C@@]2(C)[C@H]3C[C@H](O[C@@H]4OC[C@@H](O)[C@H](O)[C@H]4O)[C@H]4C(C)(C)[C@@H](O[C@@H]5OC[C@@H](O)[C@H](O)[C@H]5O)CC[C@@]45C[C@@]35CC[C@]12C. The van der Waals surface area contributed by atoms with Gasteiger partial charge in [0.25, 0.3) is 0 Å². The highest BCUT2D eigenvalue weighted by atomic mass is 16.7. The molecule has 5 aliphatic carbocycles. The van der Waals surface area contributed by atoms with Crippen molar-refractivity contribution in [2.24, 2.45) is 50.7 Å². The van der Waals surface area contributed by atoms with Gasteiger partial charge in [-0.15, -0.1) is 0 Å². The van der Waals surface area contributed by atoms with E-state index in [1.165, 1.54) is 0 Å². The molecule has 5 saturated carbocycles. The minimum Gasteiger partial charge on any atom is -0.393 e. The number of hydrogen-bond donors (Lipinski definition) is 9. The fourth-order valence-corrected chi connectivity index (χ4v) is 13.9. The Bertz CT molecular complexity index is 1340. The van der Waals surface area contributed by atoms with Crippen LogP contribution in [0, 0.1) is 50.7 Å². The summed E-state index contributed by atoms with van der Waals surface area (Å²) in [6.45, 7) is 14.1. The van der Waals surface area contributed by atoms with Crippen LogP contribution in [0.5, 0.6) is 0 Å². The van der Waals surface area contributed by atoms with E-state index < -0.39 is 84.6 Å². The van der Waals surface area contributed by atoms with E-state index in [2.05, 4.69) is 34.6 Å². The second-order valence-electron chi connectivity index (χ2n) is 20.3. The predicted octanol–water partition coefficient (Wildman–Crippen LogP) is 1.20. The Morgan fingerprint density at radius 1 is 0.736 bits per heavy atom. The van der Waals surface area contributed by atoms with E-state index >= 15 is 0 Å². The van der Waals surface area contributed by atoms with Gasteiger partial charge in [-0.2, -0.15) is 0 Å². The minimum atomic E-state index is -1.46. The van der Waals surface area contributed by atoms with Crippen LogP contribution in [0.4, 0.5) is 0 Å². The van der Waals surface area contributed by atoms with Crippen LogP contribution in [0.3, 0.4) is 0 Å². The molecule has 13 heteroatoms. The molecule has 7 fully saturated rings. The van der Waals surface area contributed by atoms with E-state index in [9.17, 15) is 46.0 Å². The van der Waals surface area contributed by atoms with Gasteiger partial charge < -0.3 is 64.9 Å². The van der Waals surface area contributed by atoms with Crippen LogP contribution in [0.2, 0.25) is 0 Å². The summed E-state index contributed by atoms with van der Waals surface area (Å²) in [5.41, 5.74) is -2.37. The van der Waals surface area contributed by atoms with Gasteiger partial charge in [-0.1, -0.05) is 34.6 Å². The van der Waals surface area contributed by atoms with Gasteiger partial charge in [0.1, 0.15) is 36.6 Å². The second kappa shape index (κ2) is 13.5. The van der Waals surface area contributed by atoms with Gasteiger partial charge in [0.2, 0.25) is 0 Å². The van der Waals surface area contributed by atoms with E-state index in [1.54, 1.807) is 13.8 Å². The van der Waals surface area contributed by atoms with E-state index in [4.69, 9.17) is 18.9 Å². The van der Waals surface area contributed by atoms with Gasteiger partial charge in [0, 0.05) is 0 Å². The number of fused-ring (bicyclic) bond motifs is 2. The molecule has 0 bridgehead atoms. The molecule has 306 valence electrons. The molecule has 53 heavy (non-hydrogen) atoms. The van der Waals surface area contributed by atoms with Gasteiger partial charge in [0.05, 0.1) is 43.2 Å². The summed E-state index contributed by atoms with van der Waals surface area (Å²) >= 11 is 0. The number of hydrogen-bond acceptors (Lipinski definition) is 13. The summed E-state index contributed by atoms with van der Waals surface area (Å²) in [6.07, 6.45) is -5.79. The van der Waals surface area contributed by atoms with Crippen molar-refractivity contribution >= 4 is 0 Å². The monoisotopic (exact) mass is 756 g/mol. The Morgan fingerprint density at radius 3 is 1.91 bits per heavy atom. The number of aliphatic hydroxyl groups is 9. The molecule has 0 radical (unpaired) electrons. The van der Waals surface area contributed by atoms with Crippen LogP contribution in [0.1, 0.15) is 106 Å². The number of ether oxygens (including phenoxy) is 4. The molecule has 0 unspecified atom stereocenters. The molecule has 20 atom stereocenters. The van der Waals surface area contributed by atoms with Crippen LogP contribution >= 0.6 is 0 Å². The van der Waals surface area contributed by atoms with Crippen molar-refractivity contribution in [1.82, 2.24) is 0 Å². The first-order valence-electron chi connectivity index (χ1n) is 20.3. The Balaban J connectivity index is 1.20.